The summed E-state index contributed by atoms with van der Waals surface area (Å²) in [4.78, 5) is 7.95. The monoisotopic (exact) mass is 474 g/mol. The van der Waals surface area contributed by atoms with Gasteiger partial charge < -0.3 is 14.6 Å². The number of nitrogens with zero attached hydrogens (tertiary/aromatic N) is 4. The Morgan fingerprint density at radius 1 is 1.27 bits per heavy atom. The van der Waals surface area contributed by atoms with Crippen molar-refractivity contribution in [2.24, 2.45) is 0 Å². The third-order valence-corrected chi connectivity index (χ3v) is 6.81. The highest BCUT2D eigenvalue weighted by atomic mass is 32.2. The molecule has 3 aromatic rings. The fourth-order valence-corrected chi connectivity index (χ4v) is 4.91. The van der Waals surface area contributed by atoms with Crippen LogP contribution >= 0.6 is 11.8 Å². The molecular weight excluding hydrogens is 450 g/mol. The van der Waals surface area contributed by atoms with E-state index in [2.05, 4.69) is 15.1 Å². The first-order valence-electron chi connectivity index (χ1n) is 10.4. The van der Waals surface area contributed by atoms with E-state index >= 15 is 0 Å². The van der Waals surface area contributed by atoms with E-state index in [0.717, 1.165) is 17.7 Å². The van der Waals surface area contributed by atoms with Gasteiger partial charge in [0.1, 0.15) is 29.9 Å². The fourth-order valence-electron chi connectivity index (χ4n) is 3.59. The molecule has 1 aliphatic rings. The van der Waals surface area contributed by atoms with Gasteiger partial charge in [-0.25, -0.2) is 18.4 Å². The van der Waals surface area contributed by atoms with E-state index in [1.54, 1.807) is 19.3 Å². The molecule has 0 unspecified atom stereocenters. The lowest BCUT2D eigenvalue weighted by molar-refractivity contribution is -0.146. The molecule has 174 valence electrons. The molecule has 0 amide bonds. The van der Waals surface area contributed by atoms with Gasteiger partial charge in [0, 0.05) is 29.3 Å². The average Bonchev–Trinajstić information content (AvgIpc) is 3.32. The number of aliphatic hydroxyl groups is 1. The number of benzene rings is 1. The van der Waals surface area contributed by atoms with Gasteiger partial charge in [-0.2, -0.15) is 5.10 Å². The molecular formula is C23H24F2N4O3S. The third-order valence-electron chi connectivity index (χ3n) is 5.36. The van der Waals surface area contributed by atoms with E-state index < -0.39 is 28.8 Å². The van der Waals surface area contributed by atoms with Gasteiger partial charge in [-0.3, -0.25) is 4.98 Å². The van der Waals surface area contributed by atoms with E-state index in [1.807, 2.05) is 24.3 Å². The highest BCUT2D eigenvalue weighted by molar-refractivity contribution is 8.00. The van der Waals surface area contributed by atoms with Crippen molar-refractivity contribution in [3.8, 4) is 0 Å². The molecule has 1 saturated heterocycles. The van der Waals surface area contributed by atoms with Crippen LogP contribution in [0.4, 0.5) is 8.78 Å². The van der Waals surface area contributed by atoms with Crippen LogP contribution in [-0.4, -0.2) is 54.9 Å². The second-order valence-corrected chi connectivity index (χ2v) is 9.37. The quantitative estimate of drug-likeness (QED) is 0.536. The van der Waals surface area contributed by atoms with Gasteiger partial charge in [-0.15, -0.1) is 11.8 Å². The van der Waals surface area contributed by atoms with E-state index in [-0.39, 0.29) is 17.4 Å². The minimum atomic E-state index is -1.67. The lowest BCUT2D eigenvalue weighted by Crippen LogP contribution is -2.43. The SMILES string of the molecule is C[C@@H](S[C@H]1CO[C@H](/C=C/c2cccnc2)OC1)[C@](O)(Cn1cncn1)c1ccc(F)cc1F. The van der Waals surface area contributed by atoms with Crippen molar-refractivity contribution in [1.29, 1.82) is 0 Å². The van der Waals surface area contributed by atoms with Crippen LogP contribution in [0.2, 0.25) is 0 Å². The van der Waals surface area contributed by atoms with Crippen molar-refractivity contribution < 1.29 is 23.4 Å². The summed E-state index contributed by atoms with van der Waals surface area (Å²) in [6.07, 6.45) is 9.43. The van der Waals surface area contributed by atoms with Gasteiger partial charge in [-0.1, -0.05) is 25.1 Å². The summed E-state index contributed by atoms with van der Waals surface area (Å²) in [6, 6.07) is 6.95. The summed E-state index contributed by atoms with van der Waals surface area (Å²) >= 11 is 1.42. The summed E-state index contributed by atoms with van der Waals surface area (Å²) in [6.45, 7) is 2.53. The normalized spacial score (nSPS) is 21.7. The number of rotatable bonds is 8. The minimum absolute atomic E-state index is 0.00525. The molecule has 0 bridgehead atoms. The summed E-state index contributed by atoms with van der Waals surface area (Å²) in [7, 11) is 0. The summed E-state index contributed by atoms with van der Waals surface area (Å²) < 4.78 is 41.2. The van der Waals surface area contributed by atoms with Crippen LogP contribution in [0, 0.1) is 11.6 Å². The Balaban J connectivity index is 1.43. The van der Waals surface area contributed by atoms with Crippen molar-refractivity contribution in [1.82, 2.24) is 19.7 Å². The van der Waals surface area contributed by atoms with Crippen molar-refractivity contribution in [3.05, 3.63) is 84.2 Å². The van der Waals surface area contributed by atoms with Crippen LogP contribution < -0.4 is 0 Å². The van der Waals surface area contributed by atoms with E-state index in [4.69, 9.17) is 9.47 Å². The van der Waals surface area contributed by atoms with Crippen LogP contribution in [-0.2, 0) is 21.6 Å². The Morgan fingerprint density at radius 3 is 2.76 bits per heavy atom. The summed E-state index contributed by atoms with van der Waals surface area (Å²) in [5.74, 6) is -1.53. The predicted octanol–water partition coefficient (Wildman–Crippen LogP) is 3.42. The minimum Gasteiger partial charge on any atom is -0.382 e. The molecule has 10 heteroatoms. The second-order valence-electron chi connectivity index (χ2n) is 7.72. The van der Waals surface area contributed by atoms with Crippen molar-refractivity contribution in [2.75, 3.05) is 13.2 Å². The maximum atomic E-state index is 14.7. The number of hydrogen-bond donors (Lipinski definition) is 1. The molecule has 0 aliphatic carbocycles. The van der Waals surface area contributed by atoms with Gasteiger partial charge in [0.2, 0.25) is 0 Å². The Hall–Kier alpha value is -2.66. The Kier molecular flexibility index (Phi) is 7.49. The van der Waals surface area contributed by atoms with Gasteiger partial charge in [0.25, 0.3) is 0 Å². The zero-order chi connectivity index (χ0) is 23.3. The molecule has 1 aromatic carbocycles. The Labute approximate surface area is 194 Å². The first-order chi connectivity index (χ1) is 15.9. The molecule has 2 aromatic heterocycles. The van der Waals surface area contributed by atoms with Crippen molar-refractivity contribution in [2.45, 2.75) is 35.9 Å². The number of thioether (sulfide) groups is 1. The molecule has 3 heterocycles. The second kappa shape index (κ2) is 10.5. The van der Waals surface area contributed by atoms with Crippen LogP contribution in [0.5, 0.6) is 0 Å². The Bertz CT molecular complexity index is 1060. The number of halogens is 2. The lowest BCUT2D eigenvalue weighted by Gasteiger charge is -2.37. The molecule has 0 spiro atoms. The number of aromatic nitrogens is 4. The predicted molar refractivity (Wildman–Crippen MR) is 120 cm³/mol. The Morgan fingerprint density at radius 2 is 2.09 bits per heavy atom. The fraction of sp³-hybridized carbons (Fsp3) is 0.348. The molecule has 2 atom stereocenters. The molecule has 4 rings (SSSR count). The highest BCUT2D eigenvalue weighted by Gasteiger charge is 2.41. The number of ether oxygens (including phenoxy) is 2. The maximum Gasteiger partial charge on any atom is 0.177 e. The average molecular weight is 475 g/mol. The first-order valence-corrected chi connectivity index (χ1v) is 11.4. The van der Waals surface area contributed by atoms with Gasteiger partial charge in [0.05, 0.1) is 25.0 Å². The number of hydrogen-bond acceptors (Lipinski definition) is 7. The third kappa shape index (κ3) is 5.83. The van der Waals surface area contributed by atoms with Gasteiger partial charge in [0.15, 0.2) is 6.29 Å². The number of pyridine rings is 1. The standard InChI is InChI=1S/C23H24F2N4O3S/c1-16(33-19-11-31-22(32-12-19)7-4-17-3-2-8-26-10-17)23(30,13-29-15-27-14-28-29)20-6-5-18(24)9-21(20)25/h2-10,14-16,19,22,30H,11-13H2,1H3/b7-4+/t16-,19-,22-,23-/m1/s1. The smallest absolute Gasteiger partial charge is 0.177 e. The van der Waals surface area contributed by atoms with Crippen molar-refractivity contribution in [3.63, 3.8) is 0 Å². The molecule has 1 aliphatic heterocycles. The van der Waals surface area contributed by atoms with Crippen LogP contribution in [0.25, 0.3) is 6.08 Å². The highest BCUT2D eigenvalue weighted by Crippen LogP contribution is 2.38. The van der Waals surface area contributed by atoms with E-state index in [9.17, 15) is 13.9 Å². The largest absolute Gasteiger partial charge is 0.382 e. The van der Waals surface area contributed by atoms with Crippen molar-refractivity contribution >= 4 is 17.8 Å². The topological polar surface area (TPSA) is 82.3 Å². The molecule has 0 saturated carbocycles. The molecule has 1 fully saturated rings. The maximum absolute atomic E-state index is 14.7. The summed E-state index contributed by atoms with van der Waals surface area (Å²) in [5, 5.41) is 15.1. The summed E-state index contributed by atoms with van der Waals surface area (Å²) in [5.41, 5.74) is -0.739. The van der Waals surface area contributed by atoms with E-state index in [1.165, 1.54) is 35.2 Å². The molecule has 0 radical (unpaired) electrons. The zero-order valence-electron chi connectivity index (χ0n) is 17.9. The zero-order valence-corrected chi connectivity index (χ0v) is 18.7. The molecule has 7 nitrogen and oxygen atoms in total. The van der Waals surface area contributed by atoms with Crippen LogP contribution in [0.1, 0.15) is 18.1 Å². The molecule has 1 N–H and O–H groups in total. The lowest BCUT2D eigenvalue weighted by atomic mass is 9.90. The van der Waals surface area contributed by atoms with Gasteiger partial charge in [-0.05, 0) is 23.8 Å². The van der Waals surface area contributed by atoms with E-state index in [0.29, 0.717) is 13.2 Å². The van der Waals surface area contributed by atoms with Gasteiger partial charge >= 0.3 is 0 Å². The molecule has 33 heavy (non-hydrogen) atoms. The van der Waals surface area contributed by atoms with Crippen LogP contribution in [0.3, 0.4) is 0 Å². The first kappa shape index (κ1) is 23.5. The van der Waals surface area contributed by atoms with Crippen LogP contribution in [0.15, 0.2) is 61.5 Å².